The quantitative estimate of drug-likeness (QED) is 0.464. The number of thioether (sulfide) groups is 1. The molecule has 1 aliphatic heterocycles. The molecule has 0 radical (unpaired) electrons. The van der Waals surface area contributed by atoms with Crippen LogP contribution in [0.3, 0.4) is 0 Å². The number of amidine groups is 1. The summed E-state index contributed by atoms with van der Waals surface area (Å²) in [5.41, 5.74) is 2.27. The molecule has 4 rings (SSSR count). The van der Waals surface area contributed by atoms with E-state index in [1.165, 1.54) is 34.9 Å². The number of anilines is 3. The van der Waals surface area contributed by atoms with E-state index in [9.17, 15) is 14.4 Å². The minimum atomic E-state index is -0.520. The summed E-state index contributed by atoms with van der Waals surface area (Å²) in [6.07, 6.45) is 1.76. The normalized spacial score (nSPS) is 15.2. The summed E-state index contributed by atoms with van der Waals surface area (Å²) in [7, 11) is 0. The van der Waals surface area contributed by atoms with Gasteiger partial charge in [-0.05, 0) is 60.8 Å². The average molecular weight is 491 g/mol. The zero-order valence-electron chi connectivity index (χ0n) is 18.5. The van der Waals surface area contributed by atoms with E-state index in [0.717, 1.165) is 4.88 Å². The number of hydrogen-bond donors (Lipinski definition) is 2. The van der Waals surface area contributed by atoms with Gasteiger partial charge in [-0.1, -0.05) is 36.0 Å². The first-order valence-electron chi connectivity index (χ1n) is 10.5. The molecule has 0 saturated heterocycles. The van der Waals surface area contributed by atoms with Gasteiger partial charge in [-0.2, -0.15) is 0 Å². The maximum absolute atomic E-state index is 13.2. The van der Waals surface area contributed by atoms with Crippen molar-refractivity contribution in [1.82, 2.24) is 0 Å². The molecule has 3 amide bonds. The third kappa shape index (κ3) is 5.62. The van der Waals surface area contributed by atoms with E-state index in [1.807, 2.05) is 47.8 Å². The molecule has 0 bridgehead atoms. The molecular formula is C25H22N4O3S2. The Labute approximate surface area is 205 Å². The predicted octanol–water partition coefficient (Wildman–Crippen LogP) is 5.21. The van der Waals surface area contributed by atoms with E-state index in [-0.39, 0.29) is 17.7 Å². The van der Waals surface area contributed by atoms with Crippen LogP contribution in [0.2, 0.25) is 0 Å². The van der Waals surface area contributed by atoms with Crippen molar-refractivity contribution in [3.8, 4) is 0 Å². The van der Waals surface area contributed by atoms with E-state index < -0.39 is 5.25 Å². The van der Waals surface area contributed by atoms with Crippen LogP contribution in [0.5, 0.6) is 0 Å². The number of benzene rings is 2. The van der Waals surface area contributed by atoms with Crippen LogP contribution in [-0.4, -0.2) is 28.1 Å². The SMILES string of the molecule is CC(=O)Nc1ccc(NC(=O)C(C)SC2=N/C(=C/c3cccs3)C(=O)N2c2ccccc2)cc1. The van der Waals surface area contributed by atoms with Gasteiger partial charge < -0.3 is 10.6 Å². The number of thiophene rings is 1. The van der Waals surface area contributed by atoms with Crippen LogP contribution >= 0.6 is 23.1 Å². The van der Waals surface area contributed by atoms with Crippen LogP contribution in [0.25, 0.3) is 6.08 Å². The first-order valence-corrected chi connectivity index (χ1v) is 12.3. The van der Waals surface area contributed by atoms with Crippen molar-refractivity contribution in [3.63, 3.8) is 0 Å². The Morgan fingerprint density at radius 1 is 1.00 bits per heavy atom. The maximum Gasteiger partial charge on any atom is 0.283 e. The minimum absolute atomic E-state index is 0.163. The summed E-state index contributed by atoms with van der Waals surface area (Å²) in [6, 6.07) is 20.0. The van der Waals surface area contributed by atoms with Crippen molar-refractivity contribution in [2.75, 3.05) is 15.5 Å². The molecule has 2 heterocycles. The highest BCUT2D eigenvalue weighted by Gasteiger charge is 2.34. The van der Waals surface area contributed by atoms with Gasteiger partial charge in [-0.25, -0.2) is 4.99 Å². The zero-order chi connectivity index (χ0) is 24.1. The van der Waals surface area contributed by atoms with Gasteiger partial charge in [0.1, 0.15) is 5.70 Å². The molecule has 34 heavy (non-hydrogen) atoms. The largest absolute Gasteiger partial charge is 0.326 e. The first-order chi connectivity index (χ1) is 16.4. The molecule has 7 nitrogen and oxygen atoms in total. The highest BCUT2D eigenvalue weighted by molar-refractivity contribution is 8.15. The lowest BCUT2D eigenvalue weighted by atomic mass is 10.2. The molecule has 0 saturated carbocycles. The van der Waals surface area contributed by atoms with Crippen LogP contribution in [0.1, 0.15) is 18.7 Å². The van der Waals surface area contributed by atoms with Crippen LogP contribution < -0.4 is 15.5 Å². The number of carbonyl (C=O) groups excluding carboxylic acids is 3. The molecule has 9 heteroatoms. The summed E-state index contributed by atoms with van der Waals surface area (Å²) >= 11 is 2.74. The van der Waals surface area contributed by atoms with Crippen molar-refractivity contribution in [2.24, 2.45) is 4.99 Å². The monoisotopic (exact) mass is 490 g/mol. The predicted molar refractivity (Wildman–Crippen MR) is 140 cm³/mol. The van der Waals surface area contributed by atoms with E-state index in [2.05, 4.69) is 15.6 Å². The van der Waals surface area contributed by atoms with Gasteiger partial charge in [-0.3, -0.25) is 19.3 Å². The standard InChI is InChI=1S/C25H22N4O3S2/c1-16(23(31)27-19-12-10-18(11-13-19)26-17(2)30)34-25-28-22(15-21-9-6-14-33-21)24(32)29(25)20-7-4-3-5-8-20/h3-16H,1-2H3,(H,26,30)(H,27,31)/b22-15+. The topological polar surface area (TPSA) is 90.9 Å². The van der Waals surface area contributed by atoms with Crippen LogP contribution in [-0.2, 0) is 14.4 Å². The molecule has 1 atom stereocenters. The number of nitrogens with zero attached hydrogens (tertiary/aromatic N) is 2. The Morgan fingerprint density at radius 2 is 1.68 bits per heavy atom. The number of nitrogens with one attached hydrogen (secondary N) is 2. The third-order valence-electron chi connectivity index (χ3n) is 4.79. The van der Waals surface area contributed by atoms with Crippen LogP contribution in [0.15, 0.2) is 82.8 Å². The molecule has 0 aliphatic carbocycles. The molecule has 1 aliphatic rings. The number of carbonyl (C=O) groups is 3. The van der Waals surface area contributed by atoms with Gasteiger partial charge in [0.15, 0.2) is 5.17 Å². The Kier molecular flexibility index (Phi) is 7.24. The summed E-state index contributed by atoms with van der Waals surface area (Å²) in [6.45, 7) is 3.20. The van der Waals surface area contributed by atoms with E-state index in [0.29, 0.717) is 27.9 Å². The number of para-hydroxylation sites is 1. The molecule has 2 N–H and O–H groups in total. The maximum atomic E-state index is 13.2. The molecule has 1 unspecified atom stereocenters. The molecular weight excluding hydrogens is 468 g/mol. The van der Waals surface area contributed by atoms with E-state index in [4.69, 9.17) is 0 Å². The van der Waals surface area contributed by atoms with E-state index in [1.54, 1.807) is 37.3 Å². The highest BCUT2D eigenvalue weighted by atomic mass is 32.2. The summed E-state index contributed by atoms with van der Waals surface area (Å²) in [4.78, 5) is 44.3. The Balaban J connectivity index is 1.51. The van der Waals surface area contributed by atoms with Crippen molar-refractivity contribution >= 4 is 69.1 Å². The Hall–Kier alpha value is -3.69. The summed E-state index contributed by atoms with van der Waals surface area (Å²) in [5, 5.41) is 7.42. The van der Waals surface area contributed by atoms with Gasteiger partial charge >= 0.3 is 0 Å². The molecule has 0 fully saturated rings. The lowest BCUT2D eigenvalue weighted by Crippen LogP contribution is -2.33. The van der Waals surface area contributed by atoms with Crippen LogP contribution in [0.4, 0.5) is 17.1 Å². The summed E-state index contributed by atoms with van der Waals surface area (Å²) in [5.74, 6) is -0.622. The van der Waals surface area contributed by atoms with Crippen molar-refractivity contribution in [1.29, 1.82) is 0 Å². The fourth-order valence-corrected chi connectivity index (χ4v) is 4.76. The van der Waals surface area contributed by atoms with Crippen LogP contribution in [0, 0.1) is 0 Å². The van der Waals surface area contributed by atoms with Gasteiger partial charge in [0, 0.05) is 23.2 Å². The molecule has 172 valence electrons. The van der Waals surface area contributed by atoms with Crippen molar-refractivity contribution in [3.05, 3.63) is 82.7 Å². The van der Waals surface area contributed by atoms with E-state index >= 15 is 0 Å². The second-order valence-electron chi connectivity index (χ2n) is 7.42. The van der Waals surface area contributed by atoms with Gasteiger partial charge in [0.25, 0.3) is 5.91 Å². The average Bonchev–Trinajstić information content (AvgIpc) is 3.43. The minimum Gasteiger partial charge on any atom is -0.326 e. The van der Waals surface area contributed by atoms with Gasteiger partial charge in [0.05, 0.1) is 10.9 Å². The zero-order valence-corrected chi connectivity index (χ0v) is 20.2. The lowest BCUT2D eigenvalue weighted by Gasteiger charge is -2.20. The molecule has 1 aromatic heterocycles. The smallest absolute Gasteiger partial charge is 0.283 e. The number of hydrogen-bond acceptors (Lipinski definition) is 6. The Morgan fingerprint density at radius 3 is 2.29 bits per heavy atom. The van der Waals surface area contributed by atoms with Gasteiger partial charge in [0.2, 0.25) is 11.8 Å². The fourth-order valence-electron chi connectivity index (χ4n) is 3.18. The molecule has 2 aromatic carbocycles. The Bertz CT molecular complexity index is 1250. The fraction of sp³-hybridized carbons (Fsp3) is 0.120. The number of rotatable bonds is 6. The molecule has 0 spiro atoms. The summed E-state index contributed by atoms with van der Waals surface area (Å²) < 4.78 is 0. The second-order valence-corrected chi connectivity index (χ2v) is 9.71. The van der Waals surface area contributed by atoms with Gasteiger partial charge in [-0.15, -0.1) is 11.3 Å². The number of amides is 3. The lowest BCUT2D eigenvalue weighted by molar-refractivity contribution is -0.116. The second kappa shape index (κ2) is 10.5. The molecule has 3 aromatic rings. The number of aliphatic imine (C=N–C) groups is 1. The van der Waals surface area contributed by atoms with Crippen molar-refractivity contribution in [2.45, 2.75) is 19.1 Å². The first kappa shape index (κ1) is 23.5. The van der Waals surface area contributed by atoms with Crippen molar-refractivity contribution < 1.29 is 14.4 Å². The highest BCUT2D eigenvalue weighted by Crippen LogP contribution is 2.31. The third-order valence-corrected chi connectivity index (χ3v) is 6.66.